The van der Waals surface area contributed by atoms with Crippen molar-refractivity contribution in [1.29, 1.82) is 0 Å². The molecule has 2 rings (SSSR count). The number of aromatic nitrogens is 4. The van der Waals surface area contributed by atoms with Crippen LogP contribution in [0.4, 0.5) is 0 Å². The first kappa shape index (κ1) is 19.3. The third-order valence-electron chi connectivity index (χ3n) is 1.19. The smallest absolute Gasteiger partial charge is 0.185 e. The summed E-state index contributed by atoms with van der Waals surface area (Å²) >= 11 is -12.1. The van der Waals surface area contributed by atoms with Crippen molar-refractivity contribution in [3.63, 3.8) is 0 Å². The first-order valence-corrected chi connectivity index (χ1v) is 9.02. The van der Waals surface area contributed by atoms with Gasteiger partial charge in [0.1, 0.15) is 0 Å². The molecule has 13 heteroatoms. The molecule has 0 spiro atoms. The molecule has 0 saturated heterocycles. The second-order valence-electron chi connectivity index (χ2n) is 2.78. The fraction of sp³-hybridized carbons (Fsp3) is 0. The summed E-state index contributed by atoms with van der Waals surface area (Å²) in [7, 11) is 0. The molecule has 0 fully saturated rings. The molecule has 0 radical (unpaired) electrons. The van der Waals surface area contributed by atoms with Gasteiger partial charge in [0.15, 0.2) is 24.8 Å². The third-order valence-corrected chi connectivity index (χ3v) is 3.86. The molecule has 2 aromatic heterocycles. The van der Waals surface area contributed by atoms with E-state index < -0.39 is 27.2 Å². The van der Waals surface area contributed by atoms with Crippen molar-refractivity contribution in [2.45, 2.75) is 0 Å². The van der Waals surface area contributed by atoms with Gasteiger partial charge in [0.05, 0.1) is 24.8 Å². The van der Waals surface area contributed by atoms with Gasteiger partial charge in [-0.05, 0) is 0 Å². The molecule has 0 bridgehead atoms. The van der Waals surface area contributed by atoms with E-state index in [1.165, 1.54) is 0 Å². The Balaban J connectivity index is 0.000000293. The van der Waals surface area contributed by atoms with Crippen molar-refractivity contribution < 1.29 is 63.6 Å². The first-order chi connectivity index (χ1) is 9.71. The van der Waals surface area contributed by atoms with Crippen LogP contribution in [0.15, 0.2) is 49.6 Å². The molecule has 0 saturated carbocycles. The van der Waals surface area contributed by atoms with Crippen molar-refractivity contribution >= 4 is 0 Å². The number of nitrogens with one attached hydrogen (secondary N) is 2. The summed E-state index contributed by atoms with van der Waals surface area (Å²) in [5, 5.41) is 0. The second kappa shape index (κ2) is 10.1. The van der Waals surface area contributed by atoms with Crippen LogP contribution in [-0.4, -0.2) is 9.97 Å². The monoisotopic (exact) mass is 378 g/mol. The van der Waals surface area contributed by atoms with E-state index in [0.717, 1.165) is 0 Å². The Hall–Kier alpha value is -1.70. The Morgan fingerprint density at radius 1 is 0.714 bits per heavy atom. The number of hydrogen-bond acceptors (Lipinski definition) is 9. The van der Waals surface area contributed by atoms with Crippen LogP contribution in [0.3, 0.4) is 0 Å². The average molecular weight is 378 g/mol. The Kier molecular flexibility index (Phi) is 9.28. The minimum atomic E-state index is -6.07. The molecule has 0 aliphatic heterocycles. The Morgan fingerprint density at radius 2 is 1.00 bits per heavy atom. The summed E-state index contributed by atoms with van der Waals surface area (Å²) in [6.45, 7) is 0. The maximum atomic E-state index is 9.38. The van der Waals surface area contributed by atoms with Gasteiger partial charge in [-0.3, -0.25) is 9.97 Å². The van der Waals surface area contributed by atoms with Gasteiger partial charge in [0.25, 0.3) is 0 Å². The minimum Gasteiger partial charge on any atom is -0.252 e. The molecule has 2 aromatic rings. The van der Waals surface area contributed by atoms with Gasteiger partial charge >= 0.3 is 53.6 Å². The van der Waals surface area contributed by atoms with Gasteiger partial charge in [0, 0.05) is 0 Å². The van der Waals surface area contributed by atoms with Crippen molar-refractivity contribution in [2.24, 2.45) is 0 Å². The Morgan fingerprint density at radius 3 is 1.05 bits per heavy atom. The number of hydrogen-bond donors (Lipinski definition) is 0. The van der Waals surface area contributed by atoms with E-state index in [4.69, 9.17) is 0 Å². The van der Waals surface area contributed by atoms with Crippen molar-refractivity contribution in [3.05, 3.63) is 49.6 Å². The first-order valence-electron chi connectivity index (χ1n) is 4.85. The zero-order valence-corrected chi connectivity index (χ0v) is 12.7. The second-order valence-corrected chi connectivity index (χ2v) is 6.42. The van der Waals surface area contributed by atoms with E-state index in [2.05, 4.69) is 22.8 Å². The average Bonchev–Trinajstić information content (AvgIpc) is 2.40. The van der Waals surface area contributed by atoms with Crippen LogP contribution < -0.4 is 18.3 Å². The minimum absolute atomic E-state index is 1.69. The molecule has 21 heavy (non-hydrogen) atoms. The van der Waals surface area contributed by atoms with E-state index in [1.54, 1.807) is 49.6 Å². The van der Waals surface area contributed by atoms with E-state index >= 15 is 0 Å². The van der Waals surface area contributed by atoms with Crippen LogP contribution in [0.25, 0.3) is 0 Å². The molecule has 0 atom stereocenters. The van der Waals surface area contributed by atoms with Gasteiger partial charge in [-0.1, -0.05) is 0 Å². The molecule has 0 unspecified atom stereocenters. The van der Waals surface area contributed by atoms with Crippen LogP contribution in [0.2, 0.25) is 0 Å². The van der Waals surface area contributed by atoms with Crippen molar-refractivity contribution in [2.75, 3.05) is 0 Å². The standard InChI is InChI=1S/2C4H4N2.2Cr.7O/c2*1-2-6-4-3-5-1;;;;;;;;;/h2*1-4H;;;;;;;;;/q;;;;;;;;;2*-1/p+2. The van der Waals surface area contributed by atoms with Crippen molar-refractivity contribution in [1.82, 2.24) is 9.97 Å². The summed E-state index contributed by atoms with van der Waals surface area (Å²) in [6, 6.07) is 0. The van der Waals surface area contributed by atoms with Crippen LogP contribution >= 0.6 is 0 Å². The zero-order chi connectivity index (χ0) is 16.2. The van der Waals surface area contributed by atoms with Crippen LogP contribution in [0.5, 0.6) is 0 Å². The maximum Gasteiger partial charge on any atom is 0.185 e. The molecule has 0 aliphatic carbocycles. The molecule has 116 valence electrons. The number of H-pyrrole nitrogens is 2. The third kappa shape index (κ3) is 18.3. The van der Waals surface area contributed by atoms with E-state index in [1.807, 2.05) is 0 Å². The quantitative estimate of drug-likeness (QED) is 0.522. The summed E-state index contributed by atoms with van der Waals surface area (Å²) in [5.74, 6) is 0. The van der Waals surface area contributed by atoms with E-state index in [-0.39, 0.29) is 0 Å². The van der Waals surface area contributed by atoms with Crippen molar-refractivity contribution in [3.8, 4) is 0 Å². The molecule has 11 nitrogen and oxygen atoms in total. The largest absolute Gasteiger partial charge is 0.252 e. The normalized spacial score (nSPS) is 10.4. The number of rotatable bonds is 2. The van der Waals surface area contributed by atoms with Crippen LogP contribution in [-0.2, 0) is 45.3 Å². The SMILES string of the molecule is [O]=[Cr](=[O])([O-])[O][Cr](=[O])(=[O])[O-].c1c[nH+]ccn1.c1c[nH+]ccn1. The zero-order valence-electron chi connectivity index (χ0n) is 10.2. The Bertz CT molecular complexity index is 564. The molecular weight excluding hydrogens is 368 g/mol. The van der Waals surface area contributed by atoms with Crippen LogP contribution in [0.1, 0.15) is 0 Å². The fourth-order valence-corrected chi connectivity index (χ4v) is 2.29. The molecule has 2 N–H and O–H groups in total. The topological polar surface area (TPSA) is 178 Å². The molecule has 0 amide bonds. The predicted molar refractivity (Wildman–Crippen MR) is 45.4 cm³/mol. The Labute approximate surface area is 123 Å². The van der Waals surface area contributed by atoms with E-state index in [9.17, 15) is 23.5 Å². The fourth-order valence-electron chi connectivity index (χ4n) is 0.657. The summed E-state index contributed by atoms with van der Waals surface area (Å²) < 4.78 is 58.9. The molecular formula is C8H10Cr2N4O7. The molecule has 0 aliphatic rings. The molecule has 2 heterocycles. The van der Waals surface area contributed by atoms with Gasteiger partial charge in [0.2, 0.25) is 0 Å². The van der Waals surface area contributed by atoms with Gasteiger partial charge in [-0.15, -0.1) is 0 Å². The van der Waals surface area contributed by atoms with E-state index in [0.29, 0.717) is 0 Å². The number of aromatic amines is 2. The van der Waals surface area contributed by atoms with Gasteiger partial charge in [-0.2, -0.15) is 0 Å². The summed E-state index contributed by atoms with van der Waals surface area (Å²) in [6.07, 6.45) is 13.8. The maximum absolute atomic E-state index is 9.38. The number of nitrogens with zero attached hydrogens (tertiary/aromatic N) is 2. The summed E-state index contributed by atoms with van der Waals surface area (Å²) in [4.78, 5) is 13.2. The summed E-state index contributed by atoms with van der Waals surface area (Å²) in [5.41, 5.74) is 0. The van der Waals surface area contributed by atoms with Gasteiger partial charge in [-0.25, -0.2) is 9.97 Å². The van der Waals surface area contributed by atoms with Crippen LogP contribution in [0, 0.1) is 0 Å². The van der Waals surface area contributed by atoms with Gasteiger partial charge < -0.3 is 0 Å². The molecule has 0 aromatic carbocycles. The predicted octanol–water partition coefficient (Wildman–Crippen LogP) is -3.14.